The van der Waals surface area contributed by atoms with Gasteiger partial charge in [0.15, 0.2) is 0 Å². The molecule has 1 saturated heterocycles. The average Bonchev–Trinajstić information content (AvgIpc) is 3.53. The monoisotopic (exact) mass is 586 g/mol. The summed E-state index contributed by atoms with van der Waals surface area (Å²) in [4.78, 5) is 35.4. The zero-order chi connectivity index (χ0) is 30.2. The molecule has 1 aromatic heterocycles. The second-order valence-electron chi connectivity index (χ2n) is 11.4. The van der Waals surface area contributed by atoms with Gasteiger partial charge < -0.3 is 19.3 Å². The SMILES string of the molecule is COC(=O)c1cc(N2CCN(C(=O)c3cn(-c4ccc5c(c4)CCCO5)c(-c4ccc(C)cc4)n3)CC2)cc2ccccc12. The molecule has 7 rings (SSSR count). The van der Waals surface area contributed by atoms with Gasteiger partial charge in [-0.3, -0.25) is 9.36 Å². The van der Waals surface area contributed by atoms with Crippen LogP contribution in [0.2, 0.25) is 0 Å². The van der Waals surface area contributed by atoms with E-state index >= 15 is 0 Å². The lowest BCUT2D eigenvalue weighted by molar-refractivity contribution is 0.0602. The van der Waals surface area contributed by atoms with Gasteiger partial charge in [-0.15, -0.1) is 0 Å². The van der Waals surface area contributed by atoms with E-state index < -0.39 is 0 Å². The van der Waals surface area contributed by atoms with Crippen molar-refractivity contribution in [2.45, 2.75) is 19.8 Å². The fraction of sp³-hybridized carbons (Fsp3) is 0.250. The molecule has 3 heterocycles. The average molecular weight is 587 g/mol. The van der Waals surface area contributed by atoms with Crippen LogP contribution < -0.4 is 9.64 Å². The van der Waals surface area contributed by atoms with Gasteiger partial charge in [0.1, 0.15) is 17.3 Å². The summed E-state index contributed by atoms with van der Waals surface area (Å²) in [6, 6.07) is 26.2. The number of aromatic nitrogens is 2. The Morgan fingerprint density at radius 3 is 2.48 bits per heavy atom. The highest BCUT2D eigenvalue weighted by Crippen LogP contribution is 2.31. The number of carbonyl (C=O) groups excluding carboxylic acids is 2. The molecule has 0 atom stereocenters. The van der Waals surface area contributed by atoms with Gasteiger partial charge in [-0.1, -0.05) is 54.1 Å². The molecule has 4 aromatic carbocycles. The maximum absolute atomic E-state index is 13.9. The van der Waals surface area contributed by atoms with Crippen LogP contribution in [0.1, 0.15) is 38.4 Å². The number of carbonyl (C=O) groups is 2. The van der Waals surface area contributed by atoms with Crippen molar-refractivity contribution in [2.75, 3.05) is 44.8 Å². The summed E-state index contributed by atoms with van der Waals surface area (Å²) in [6.45, 7) is 5.17. The first-order valence-corrected chi connectivity index (χ1v) is 15.1. The van der Waals surface area contributed by atoms with E-state index in [4.69, 9.17) is 14.5 Å². The van der Waals surface area contributed by atoms with Gasteiger partial charge in [0.2, 0.25) is 0 Å². The molecule has 1 fully saturated rings. The highest BCUT2D eigenvalue weighted by atomic mass is 16.5. The maximum atomic E-state index is 13.9. The molecule has 8 nitrogen and oxygen atoms in total. The number of methoxy groups -OCH3 is 1. The Morgan fingerprint density at radius 1 is 0.886 bits per heavy atom. The van der Waals surface area contributed by atoms with Crippen molar-refractivity contribution in [1.82, 2.24) is 14.5 Å². The molecule has 0 spiro atoms. The maximum Gasteiger partial charge on any atom is 0.338 e. The van der Waals surface area contributed by atoms with Crippen LogP contribution in [-0.4, -0.2) is 66.2 Å². The van der Waals surface area contributed by atoms with Gasteiger partial charge >= 0.3 is 5.97 Å². The number of aryl methyl sites for hydroxylation is 2. The molecule has 0 radical (unpaired) electrons. The number of piperazine rings is 1. The van der Waals surface area contributed by atoms with Gasteiger partial charge in [0.25, 0.3) is 5.91 Å². The fourth-order valence-electron chi connectivity index (χ4n) is 6.17. The molecule has 8 heteroatoms. The van der Waals surface area contributed by atoms with Crippen LogP contribution in [-0.2, 0) is 11.2 Å². The summed E-state index contributed by atoms with van der Waals surface area (Å²) in [7, 11) is 1.40. The molecule has 2 aliphatic rings. The summed E-state index contributed by atoms with van der Waals surface area (Å²) in [5.74, 6) is 1.21. The molecule has 0 N–H and O–H groups in total. The van der Waals surface area contributed by atoms with Crippen molar-refractivity contribution in [3.63, 3.8) is 0 Å². The number of fused-ring (bicyclic) bond motifs is 2. The van der Waals surface area contributed by atoms with Crippen LogP contribution in [0.3, 0.4) is 0 Å². The standard InChI is InChI=1S/C36H34N4O4/c1-24-9-11-25(12-10-24)34-37-32(23-40(34)28-13-14-33-27(21-28)7-5-19-44-33)35(41)39-17-15-38(16-18-39)29-20-26-6-3-4-8-30(26)31(22-29)36(42)43-2/h3-4,6,8-14,20-23H,5,7,15-19H2,1-2H3. The normalized spacial score (nSPS) is 14.7. The molecule has 0 aliphatic carbocycles. The summed E-state index contributed by atoms with van der Waals surface area (Å²) >= 11 is 0. The summed E-state index contributed by atoms with van der Waals surface area (Å²) in [6.07, 6.45) is 3.82. The van der Waals surface area contributed by atoms with E-state index in [2.05, 4.69) is 48.2 Å². The Morgan fingerprint density at radius 2 is 1.68 bits per heavy atom. The Bertz CT molecular complexity index is 1870. The van der Waals surface area contributed by atoms with Crippen molar-refractivity contribution in [2.24, 2.45) is 0 Å². The largest absolute Gasteiger partial charge is 0.493 e. The number of imidazole rings is 1. The lowest BCUT2D eigenvalue weighted by Gasteiger charge is -2.36. The van der Waals surface area contributed by atoms with Crippen LogP contribution >= 0.6 is 0 Å². The molecule has 2 aliphatic heterocycles. The molecule has 5 aromatic rings. The van der Waals surface area contributed by atoms with Crippen LogP contribution in [0.5, 0.6) is 5.75 Å². The van der Waals surface area contributed by atoms with Crippen molar-refractivity contribution in [3.05, 3.63) is 107 Å². The number of nitrogens with zero attached hydrogens (tertiary/aromatic N) is 4. The highest BCUT2D eigenvalue weighted by molar-refractivity contribution is 6.06. The van der Waals surface area contributed by atoms with E-state index in [-0.39, 0.29) is 11.9 Å². The predicted molar refractivity (Wildman–Crippen MR) is 171 cm³/mol. The fourth-order valence-corrected chi connectivity index (χ4v) is 6.17. The molecule has 0 saturated carbocycles. The van der Waals surface area contributed by atoms with Gasteiger partial charge in [-0.2, -0.15) is 0 Å². The van der Waals surface area contributed by atoms with E-state index in [0.29, 0.717) is 37.4 Å². The van der Waals surface area contributed by atoms with E-state index in [1.165, 1.54) is 12.7 Å². The van der Waals surface area contributed by atoms with Crippen LogP contribution in [0.15, 0.2) is 85.1 Å². The molecule has 44 heavy (non-hydrogen) atoms. The van der Waals surface area contributed by atoms with Gasteiger partial charge in [-0.25, -0.2) is 9.78 Å². The zero-order valence-corrected chi connectivity index (χ0v) is 25.0. The van der Waals surface area contributed by atoms with Crippen molar-refractivity contribution in [1.29, 1.82) is 0 Å². The van der Waals surface area contributed by atoms with Gasteiger partial charge in [-0.05, 0) is 66.4 Å². The third-order valence-corrected chi connectivity index (χ3v) is 8.59. The van der Waals surface area contributed by atoms with Crippen molar-refractivity contribution in [3.8, 4) is 22.8 Å². The number of rotatable bonds is 5. The number of benzene rings is 4. The lowest BCUT2D eigenvalue weighted by atomic mass is 10.0. The molecule has 222 valence electrons. The summed E-state index contributed by atoms with van der Waals surface area (Å²) in [5, 5.41) is 1.84. The molecule has 1 amide bonds. The number of amides is 1. The minimum atomic E-state index is -0.358. The predicted octanol–water partition coefficient (Wildman–Crippen LogP) is 6.07. The van der Waals surface area contributed by atoms with Gasteiger partial charge in [0, 0.05) is 49.3 Å². The topological polar surface area (TPSA) is 76.9 Å². The third kappa shape index (κ3) is 5.17. The van der Waals surface area contributed by atoms with Crippen molar-refractivity contribution < 1.29 is 19.1 Å². The minimum Gasteiger partial charge on any atom is -0.493 e. The van der Waals surface area contributed by atoms with Crippen LogP contribution in [0, 0.1) is 6.92 Å². The molecular weight excluding hydrogens is 552 g/mol. The third-order valence-electron chi connectivity index (χ3n) is 8.59. The molecule has 0 bridgehead atoms. The van der Waals surface area contributed by atoms with Crippen LogP contribution in [0.25, 0.3) is 27.8 Å². The van der Waals surface area contributed by atoms with E-state index in [9.17, 15) is 9.59 Å². The second-order valence-corrected chi connectivity index (χ2v) is 11.4. The summed E-state index contributed by atoms with van der Waals surface area (Å²) in [5.41, 5.74) is 6.15. The Kier molecular flexibility index (Phi) is 7.26. The Balaban J connectivity index is 1.15. The van der Waals surface area contributed by atoms with Crippen LogP contribution in [0.4, 0.5) is 5.69 Å². The lowest BCUT2D eigenvalue weighted by Crippen LogP contribution is -2.49. The number of esters is 1. The molecule has 0 unspecified atom stereocenters. The molecular formula is C36H34N4O4. The Hall–Kier alpha value is -5.11. The smallest absolute Gasteiger partial charge is 0.338 e. The quantitative estimate of drug-likeness (QED) is 0.233. The zero-order valence-electron chi connectivity index (χ0n) is 25.0. The van der Waals surface area contributed by atoms with E-state index in [0.717, 1.165) is 64.3 Å². The first-order chi connectivity index (χ1) is 21.5. The Labute approximate surface area is 256 Å². The first kappa shape index (κ1) is 27.7. The number of anilines is 1. The number of hydrogen-bond acceptors (Lipinski definition) is 6. The highest BCUT2D eigenvalue weighted by Gasteiger charge is 2.27. The minimum absolute atomic E-state index is 0.0909. The number of ether oxygens (including phenoxy) is 2. The van der Waals surface area contributed by atoms with Crippen molar-refractivity contribution >= 4 is 28.3 Å². The van der Waals surface area contributed by atoms with Gasteiger partial charge in [0.05, 0.1) is 19.3 Å². The first-order valence-electron chi connectivity index (χ1n) is 15.1. The van der Waals surface area contributed by atoms with E-state index in [1.54, 1.807) is 0 Å². The second kappa shape index (κ2) is 11.5. The van der Waals surface area contributed by atoms with E-state index in [1.807, 2.05) is 58.1 Å². The number of hydrogen-bond donors (Lipinski definition) is 0. The summed E-state index contributed by atoms with van der Waals surface area (Å²) < 4.78 is 12.9.